The van der Waals surface area contributed by atoms with Crippen molar-refractivity contribution in [3.8, 4) is 0 Å². The van der Waals surface area contributed by atoms with Crippen LogP contribution in [0.15, 0.2) is 29.2 Å². The number of carbonyl (C=O) groups is 1. The zero-order valence-corrected chi connectivity index (χ0v) is 15.8. The summed E-state index contributed by atoms with van der Waals surface area (Å²) in [5.41, 5.74) is 6.12. The molecule has 0 radical (unpaired) electrons. The van der Waals surface area contributed by atoms with E-state index in [1.165, 1.54) is 28.6 Å². The fraction of sp³-hybridized carbons (Fsp3) is 0.588. The van der Waals surface area contributed by atoms with E-state index in [2.05, 4.69) is 19.2 Å². The van der Waals surface area contributed by atoms with Crippen molar-refractivity contribution in [2.45, 2.75) is 45.1 Å². The molecule has 1 amide bonds. The van der Waals surface area contributed by atoms with E-state index < -0.39 is 10.0 Å². The second-order valence-corrected chi connectivity index (χ2v) is 8.09. The lowest BCUT2D eigenvalue weighted by molar-refractivity contribution is 0.0933. The van der Waals surface area contributed by atoms with E-state index in [4.69, 9.17) is 5.73 Å². The lowest BCUT2D eigenvalue weighted by Gasteiger charge is -2.20. The molecule has 3 N–H and O–H groups in total. The number of nitrogens with zero attached hydrogens (tertiary/aromatic N) is 1. The quantitative estimate of drug-likeness (QED) is 0.707. The Morgan fingerprint density at radius 2 is 1.71 bits per heavy atom. The van der Waals surface area contributed by atoms with Crippen LogP contribution in [0.5, 0.6) is 0 Å². The van der Waals surface area contributed by atoms with Gasteiger partial charge in [-0.2, -0.15) is 4.31 Å². The Labute approximate surface area is 145 Å². The Kier molecular flexibility index (Phi) is 7.86. The summed E-state index contributed by atoms with van der Waals surface area (Å²) in [5, 5.41) is 2.89. The third-order valence-electron chi connectivity index (χ3n) is 3.84. The lowest BCUT2D eigenvalue weighted by atomic mass is 10.0. The molecule has 0 aliphatic heterocycles. The molecule has 24 heavy (non-hydrogen) atoms. The van der Waals surface area contributed by atoms with Gasteiger partial charge in [0.2, 0.25) is 10.0 Å². The number of rotatable bonds is 9. The third-order valence-corrected chi connectivity index (χ3v) is 5.90. The van der Waals surface area contributed by atoms with Crippen molar-refractivity contribution in [3.63, 3.8) is 0 Å². The van der Waals surface area contributed by atoms with E-state index in [-0.39, 0.29) is 16.8 Å². The van der Waals surface area contributed by atoms with E-state index >= 15 is 0 Å². The second kappa shape index (κ2) is 9.15. The minimum absolute atomic E-state index is 0.0865. The minimum Gasteiger partial charge on any atom is -0.348 e. The predicted octanol–water partition coefficient (Wildman–Crippen LogP) is 1.82. The molecule has 0 heterocycles. The zero-order valence-electron chi connectivity index (χ0n) is 15.0. The van der Waals surface area contributed by atoms with E-state index in [0.29, 0.717) is 31.1 Å². The molecule has 0 aromatic heterocycles. The molecule has 1 atom stereocenters. The number of benzene rings is 1. The number of nitrogens with two attached hydrogens (primary N) is 1. The number of hydrogen-bond donors (Lipinski definition) is 2. The van der Waals surface area contributed by atoms with Crippen molar-refractivity contribution in [1.82, 2.24) is 9.62 Å². The molecule has 1 aromatic carbocycles. The number of hydrogen-bond acceptors (Lipinski definition) is 4. The van der Waals surface area contributed by atoms with E-state index in [0.717, 1.165) is 6.42 Å². The monoisotopic (exact) mass is 355 g/mol. The maximum atomic E-state index is 12.4. The first-order valence-corrected chi connectivity index (χ1v) is 9.81. The van der Waals surface area contributed by atoms with Gasteiger partial charge in [0.1, 0.15) is 0 Å². The van der Waals surface area contributed by atoms with Gasteiger partial charge in [-0.1, -0.05) is 27.7 Å². The molecular weight excluding hydrogens is 326 g/mol. The number of nitrogens with one attached hydrogen (secondary N) is 1. The van der Waals surface area contributed by atoms with Gasteiger partial charge in [-0.3, -0.25) is 4.79 Å². The highest BCUT2D eigenvalue weighted by molar-refractivity contribution is 7.89. The van der Waals surface area contributed by atoms with Crippen molar-refractivity contribution in [2.75, 3.05) is 19.6 Å². The molecule has 1 rings (SSSR count). The van der Waals surface area contributed by atoms with Crippen LogP contribution in [0.3, 0.4) is 0 Å². The highest BCUT2D eigenvalue weighted by Crippen LogP contribution is 2.16. The molecule has 0 fully saturated rings. The summed E-state index contributed by atoms with van der Waals surface area (Å²) in [6.45, 7) is 8.93. The van der Waals surface area contributed by atoms with Crippen LogP contribution in [0.25, 0.3) is 0 Å². The van der Waals surface area contributed by atoms with Crippen LogP contribution >= 0.6 is 0 Å². The van der Waals surface area contributed by atoms with Gasteiger partial charge in [0.05, 0.1) is 4.90 Å². The van der Waals surface area contributed by atoms with Gasteiger partial charge in [-0.05, 0) is 36.6 Å². The van der Waals surface area contributed by atoms with Crippen molar-refractivity contribution >= 4 is 15.9 Å². The first kappa shape index (κ1) is 20.6. The molecule has 0 aliphatic rings. The maximum absolute atomic E-state index is 12.4. The maximum Gasteiger partial charge on any atom is 0.251 e. The van der Waals surface area contributed by atoms with Crippen LogP contribution in [0.4, 0.5) is 0 Å². The van der Waals surface area contributed by atoms with Crippen LogP contribution in [-0.4, -0.2) is 44.3 Å². The van der Waals surface area contributed by atoms with Gasteiger partial charge >= 0.3 is 0 Å². The van der Waals surface area contributed by atoms with Gasteiger partial charge in [0, 0.05) is 31.2 Å². The molecule has 0 bridgehead atoms. The number of amides is 1. The van der Waals surface area contributed by atoms with Crippen LogP contribution in [-0.2, 0) is 10.0 Å². The van der Waals surface area contributed by atoms with E-state index in [1.807, 2.05) is 0 Å². The fourth-order valence-electron chi connectivity index (χ4n) is 2.54. The van der Waals surface area contributed by atoms with Crippen molar-refractivity contribution in [2.24, 2.45) is 11.7 Å². The first-order valence-electron chi connectivity index (χ1n) is 8.37. The smallest absolute Gasteiger partial charge is 0.251 e. The third kappa shape index (κ3) is 5.29. The SMILES string of the molecule is CCN(CC)S(=O)(=O)c1ccc(C(=O)NC(CN)CC(C)C)cc1. The Morgan fingerprint density at radius 3 is 2.12 bits per heavy atom. The first-order chi connectivity index (χ1) is 11.3. The highest BCUT2D eigenvalue weighted by Gasteiger charge is 2.22. The molecule has 0 spiro atoms. The van der Waals surface area contributed by atoms with Crippen LogP contribution in [0.1, 0.15) is 44.5 Å². The van der Waals surface area contributed by atoms with Gasteiger partial charge in [-0.25, -0.2) is 8.42 Å². The Morgan fingerprint density at radius 1 is 1.17 bits per heavy atom. The van der Waals surface area contributed by atoms with Gasteiger partial charge in [-0.15, -0.1) is 0 Å². The molecule has 1 aromatic rings. The standard InChI is InChI=1S/C17H29N3O3S/c1-5-20(6-2)24(22,23)16-9-7-14(8-10-16)17(21)19-15(12-18)11-13(3)4/h7-10,13,15H,5-6,11-12,18H2,1-4H3,(H,19,21). The van der Waals surface area contributed by atoms with Gasteiger partial charge < -0.3 is 11.1 Å². The minimum atomic E-state index is -3.51. The molecule has 136 valence electrons. The summed E-state index contributed by atoms with van der Waals surface area (Å²) >= 11 is 0. The summed E-state index contributed by atoms with van der Waals surface area (Å²) in [4.78, 5) is 12.5. The van der Waals surface area contributed by atoms with Crippen molar-refractivity contribution in [1.29, 1.82) is 0 Å². The summed E-state index contributed by atoms with van der Waals surface area (Å²) in [7, 11) is -3.51. The van der Waals surface area contributed by atoms with Crippen LogP contribution < -0.4 is 11.1 Å². The van der Waals surface area contributed by atoms with E-state index in [9.17, 15) is 13.2 Å². The predicted molar refractivity (Wildman–Crippen MR) is 96.3 cm³/mol. The average Bonchev–Trinajstić information content (AvgIpc) is 2.54. The lowest BCUT2D eigenvalue weighted by Crippen LogP contribution is -2.41. The molecule has 0 aliphatic carbocycles. The topological polar surface area (TPSA) is 92.5 Å². The van der Waals surface area contributed by atoms with Crippen LogP contribution in [0, 0.1) is 5.92 Å². The average molecular weight is 356 g/mol. The number of sulfonamides is 1. The molecule has 7 heteroatoms. The summed E-state index contributed by atoms with van der Waals surface area (Å²) in [6.07, 6.45) is 0.802. The molecule has 6 nitrogen and oxygen atoms in total. The summed E-state index contributed by atoms with van der Waals surface area (Å²) in [6, 6.07) is 5.94. The van der Waals surface area contributed by atoms with Gasteiger partial charge in [0.15, 0.2) is 0 Å². The Balaban J connectivity index is 2.89. The van der Waals surface area contributed by atoms with Crippen molar-refractivity contribution < 1.29 is 13.2 Å². The van der Waals surface area contributed by atoms with Gasteiger partial charge in [0.25, 0.3) is 5.91 Å². The van der Waals surface area contributed by atoms with Crippen molar-refractivity contribution in [3.05, 3.63) is 29.8 Å². The Bertz CT molecular complexity index is 623. The number of carbonyl (C=O) groups excluding carboxylic acids is 1. The molecule has 0 saturated carbocycles. The normalized spacial score (nSPS) is 13.3. The molecule has 1 unspecified atom stereocenters. The summed E-state index contributed by atoms with van der Waals surface area (Å²) < 4.78 is 26.2. The largest absolute Gasteiger partial charge is 0.348 e. The zero-order chi connectivity index (χ0) is 18.3. The van der Waals surface area contributed by atoms with E-state index in [1.54, 1.807) is 13.8 Å². The summed E-state index contributed by atoms with van der Waals surface area (Å²) in [5.74, 6) is 0.193. The second-order valence-electron chi connectivity index (χ2n) is 6.15. The van der Waals surface area contributed by atoms with Crippen LogP contribution in [0.2, 0.25) is 0 Å². The molecule has 0 saturated heterocycles. The highest BCUT2D eigenvalue weighted by atomic mass is 32.2. The molecular formula is C17H29N3O3S. The fourth-order valence-corrected chi connectivity index (χ4v) is 4.00. The Hall–Kier alpha value is -1.44.